The zero-order valence-corrected chi connectivity index (χ0v) is 11.7. The molecule has 7 nitrogen and oxygen atoms in total. The number of fused-ring (bicyclic) bond motifs is 1. The van der Waals surface area contributed by atoms with Crippen LogP contribution in [0, 0.1) is 5.92 Å². The summed E-state index contributed by atoms with van der Waals surface area (Å²) in [6.45, 7) is 3.48. The van der Waals surface area contributed by atoms with E-state index in [9.17, 15) is 19.5 Å². The van der Waals surface area contributed by atoms with Crippen molar-refractivity contribution >= 4 is 16.9 Å². The lowest BCUT2D eigenvalue weighted by Crippen LogP contribution is -2.26. The Bertz CT molecular complexity index is 803. The molecule has 2 aromatic heterocycles. The summed E-state index contributed by atoms with van der Waals surface area (Å²) in [5, 5.41) is 18.8. The maximum atomic E-state index is 12.1. The average molecular weight is 292 g/mol. The predicted molar refractivity (Wildman–Crippen MR) is 76.7 cm³/mol. The number of hydrogen-bond acceptors (Lipinski definition) is 4. The van der Waals surface area contributed by atoms with Crippen LogP contribution in [0.5, 0.6) is 0 Å². The predicted octanol–water partition coefficient (Wildman–Crippen LogP) is 0.577. The van der Waals surface area contributed by atoms with Gasteiger partial charge in [0.25, 0.3) is 0 Å². The number of hydrogen-bond donors (Lipinski definition) is 3. The van der Waals surface area contributed by atoms with E-state index in [1.807, 2.05) is 13.8 Å². The lowest BCUT2D eigenvalue weighted by Gasteiger charge is -2.24. The van der Waals surface area contributed by atoms with E-state index in [0.717, 1.165) is 0 Å². The third-order valence-corrected chi connectivity index (χ3v) is 3.48. The standard InChI is InChI=1S/C14H16N2O5/c1-7(2)11(6-17)16-5-9(14(20)21)13(19)8-4-15-12(18)3-10(8)16/h3-5,7,11,17H,6H2,1-2H3,(H,15,18)(H,20,21)/t11-/m1/s1. The summed E-state index contributed by atoms with van der Waals surface area (Å²) in [5.74, 6) is -1.36. The van der Waals surface area contributed by atoms with Crippen LogP contribution in [-0.4, -0.2) is 32.3 Å². The van der Waals surface area contributed by atoms with Crippen LogP contribution in [-0.2, 0) is 0 Å². The van der Waals surface area contributed by atoms with Gasteiger partial charge in [-0.05, 0) is 5.92 Å². The molecule has 0 fully saturated rings. The van der Waals surface area contributed by atoms with Crippen LogP contribution >= 0.6 is 0 Å². The Morgan fingerprint density at radius 1 is 1.38 bits per heavy atom. The van der Waals surface area contributed by atoms with Crippen molar-refractivity contribution in [1.29, 1.82) is 0 Å². The molecule has 0 unspecified atom stereocenters. The first-order valence-electron chi connectivity index (χ1n) is 6.48. The smallest absolute Gasteiger partial charge is 0.341 e. The molecule has 21 heavy (non-hydrogen) atoms. The van der Waals surface area contributed by atoms with E-state index in [1.54, 1.807) is 0 Å². The number of aliphatic hydroxyl groups is 1. The first kappa shape index (κ1) is 15.0. The van der Waals surface area contributed by atoms with Crippen molar-refractivity contribution in [2.45, 2.75) is 19.9 Å². The normalized spacial score (nSPS) is 12.8. The fourth-order valence-corrected chi connectivity index (χ4v) is 2.32. The Morgan fingerprint density at radius 3 is 2.57 bits per heavy atom. The highest BCUT2D eigenvalue weighted by Crippen LogP contribution is 2.21. The fourth-order valence-electron chi connectivity index (χ4n) is 2.32. The van der Waals surface area contributed by atoms with Gasteiger partial charge in [0.15, 0.2) is 0 Å². The van der Waals surface area contributed by atoms with Crippen LogP contribution in [0.25, 0.3) is 10.9 Å². The van der Waals surface area contributed by atoms with Gasteiger partial charge in [-0.15, -0.1) is 0 Å². The minimum absolute atomic E-state index is 0.0124. The van der Waals surface area contributed by atoms with Crippen LogP contribution in [0.2, 0.25) is 0 Å². The summed E-state index contributed by atoms with van der Waals surface area (Å²) in [5.41, 5.74) is -1.15. The maximum Gasteiger partial charge on any atom is 0.341 e. The molecule has 1 atom stereocenters. The fraction of sp³-hybridized carbons (Fsp3) is 0.357. The van der Waals surface area contributed by atoms with E-state index in [2.05, 4.69) is 4.98 Å². The van der Waals surface area contributed by atoms with E-state index in [4.69, 9.17) is 5.11 Å². The van der Waals surface area contributed by atoms with Crippen molar-refractivity contribution < 1.29 is 15.0 Å². The van der Waals surface area contributed by atoms with E-state index in [0.29, 0.717) is 5.52 Å². The summed E-state index contributed by atoms with van der Waals surface area (Å²) >= 11 is 0. The van der Waals surface area contributed by atoms with Crippen LogP contribution in [0.3, 0.4) is 0 Å². The second-order valence-electron chi connectivity index (χ2n) is 5.17. The Morgan fingerprint density at radius 2 is 2.05 bits per heavy atom. The number of carboxylic acid groups (broad SMARTS) is 1. The molecule has 2 rings (SSSR count). The van der Waals surface area contributed by atoms with Gasteiger partial charge in [0, 0.05) is 18.5 Å². The molecule has 2 heterocycles. The molecule has 0 radical (unpaired) electrons. The second-order valence-corrected chi connectivity index (χ2v) is 5.17. The number of pyridine rings is 2. The molecule has 0 aliphatic rings. The van der Waals surface area contributed by atoms with Gasteiger partial charge in [0.2, 0.25) is 11.0 Å². The van der Waals surface area contributed by atoms with Crippen LogP contribution in [0.1, 0.15) is 30.2 Å². The van der Waals surface area contributed by atoms with Crippen LogP contribution in [0.4, 0.5) is 0 Å². The van der Waals surface area contributed by atoms with Crippen molar-refractivity contribution in [2.75, 3.05) is 6.61 Å². The van der Waals surface area contributed by atoms with Gasteiger partial charge < -0.3 is 19.8 Å². The summed E-state index contributed by atoms with van der Waals surface area (Å²) in [4.78, 5) is 37.2. The summed E-state index contributed by atoms with van der Waals surface area (Å²) in [6, 6.07) is 0.793. The number of nitrogens with zero attached hydrogens (tertiary/aromatic N) is 1. The molecule has 0 spiro atoms. The van der Waals surface area contributed by atoms with Gasteiger partial charge in [-0.25, -0.2) is 4.79 Å². The van der Waals surface area contributed by atoms with Gasteiger partial charge in [-0.2, -0.15) is 0 Å². The third-order valence-electron chi connectivity index (χ3n) is 3.48. The van der Waals surface area contributed by atoms with Crippen molar-refractivity contribution in [3.63, 3.8) is 0 Å². The second kappa shape index (κ2) is 5.53. The zero-order valence-electron chi connectivity index (χ0n) is 11.7. The first-order valence-corrected chi connectivity index (χ1v) is 6.48. The van der Waals surface area contributed by atoms with Gasteiger partial charge >= 0.3 is 5.97 Å². The van der Waals surface area contributed by atoms with Crippen molar-refractivity contribution in [2.24, 2.45) is 5.92 Å². The number of carbonyl (C=O) groups is 1. The number of nitrogens with one attached hydrogen (secondary N) is 1. The molecule has 0 saturated carbocycles. The van der Waals surface area contributed by atoms with E-state index in [1.165, 1.54) is 23.0 Å². The molecule has 0 saturated heterocycles. The molecule has 112 valence electrons. The molecule has 0 aliphatic heterocycles. The van der Waals surface area contributed by atoms with E-state index >= 15 is 0 Å². The number of rotatable bonds is 4. The minimum atomic E-state index is -1.35. The molecule has 0 bridgehead atoms. The van der Waals surface area contributed by atoms with Crippen LogP contribution in [0.15, 0.2) is 28.0 Å². The van der Waals surface area contributed by atoms with Gasteiger partial charge in [0.1, 0.15) is 5.56 Å². The number of aromatic nitrogens is 2. The molecule has 3 N–H and O–H groups in total. The lowest BCUT2D eigenvalue weighted by atomic mass is 10.0. The Balaban J connectivity index is 2.93. The van der Waals surface area contributed by atoms with E-state index in [-0.39, 0.29) is 17.9 Å². The Hall–Kier alpha value is -2.41. The quantitative estimate of drug-likeness (QED) is 0.763. The molecular formula is C14H16N2O5. The SMILES string of the molecule is CC(C)[C@@H](CO)n1cc(C(=O)O)c(=O)c2c[nH]c(=O)cc21. The highest BCUT2D eigenvalue weighted by Gasteiger charge is 2.21. The Labute approximate surface area is 119 Å². The molecule has 0 aliphatic carbocycles. The number of aromatic carboxylic acids is 1. The zero-order chi connectivity index (χ0) is 15.7. The monoisotopic (exact) mass is 292 g/mol. The molecule has 2 aromatic rings. The number of carboxylic acids is 1. The van der Waals surface area contributed by atoms with Gasteiger partial charge in [0.05, 0.1) is 23.6 Å². The maximum absolute atomic E-state index is 12.1. The summed E-state index contributed by atoms with van der Waals surface area (Å²) < 4.78 is 1.49. The van der Waals surface area contributed by atoms with Gasteiger partial charge in [-0.1, -0.05) is 13.8 Å². The van der Waals surface area contributed by atoms with Crippen molar-refractivity contribution in [1.82, 2.24) is 9.55 Å². The average Bonchev–Trinajstić information content (AvgIpc) is 2.41. The third kappa shape index (κ3) is 2.59. The summed E-state index contributed by atoms with van der Waals surface area (Å²) in [6.07, 6.45) is 2.39. The highest BCUT2D eigenvalue weighted by molar-refractivity contribution is 5.92. The summed E-state index contributed by atoms with van der Waals surface area (Å²) in [7, 11) is 0. The lowest BCUT2D eigenvalue weighted by molar-refractivity contribution is 0.0694. The minimum Gasteiger partial charge on any atom is -0.477 e. The Kier molecular flexibility index (Phi) is 3.95. The van der Waals surface area contributed by atoms with Gasteiger partial charge in [-0.3, -0.25) is 9.59 Å². The molecule has 0 aromatic carbocycles. The molecule has 7 heteroatoms. The van der Waals surface area contributed by atoms with E-state index < -0.39 is 28.6 Å². The molecular weight excluding hydrogens is 276 g/mol. The van der Waals surface area contributed by atoms with Crippen molar-refractivity contribution in [3.8, 4) is 0 Å². The van der Waals surface area contributed by atoms with Crippen LogP contribution < -0.4 is 11.0 Å². The number of aromatic amines is 1. The highest BCUT2D eigenvalue weighted by atomic mass is 16.4. The number of aliphatic hydroxyl groups excluding tert-OH is 1. The van der Waals surface area contributed by atoms with Crippen molar-refractivity contribution in [3.05, 3.63) is 44.6 Å². The molecule has 0 amide bonds. The topological polar surface area (TPSA) is 112 Å². The number of H-pyrrole nitrogens is 1. The first-order chi connectivity index (χ1) is 9.86. The largest absolute Gasteiger partial charge is 0.477 e.